The second kappa shape index (κ2) is 7.40. The smallest absolute Gasteiger partial charge is 0.258 e. The number of hydrogen-bond acceptors (Lipinski definition) is 5. The molecule has 0 fully saturated rings. The summed E-state index contributed by atoms with van der Waals surface area (Å²) in [6.45, 7) is 4.13. The highest BCUT2D eigenvalue weighted by Crippen LogP contribution is 2.15. The summed E-state index contributed by atoms with van der Waals surface area (Å²) in [5.41, 5.74) is 1.10. The van der Waals surface area contributed by atoms with Crippen LogP contribution in [0.2, 0.25) is 0 Å². The first kappa shape index (κ1) is 15.8. The Morgan fingerprint density at radius 2 is 1.86 bits per heavy atom. The van der Waals surface area contributed by atoms with Crippen LogP contribution in [-0.4, -0.2) is 29.0 Å². The molecule has 116 valence electrons. The van der Waals surface area contributed by atoms with Gasteiger partial charge in [0.1, 0.15) is 5.75 Å². The van der Waals surface area contributed by atoms with Crippen LogP contribution in [0.25, 0.3) is 0 Å². The molecule has 1 unspecified atom stereocenters. The fourth-order valence-electron chi connectivity index (χ4n) is 1.72. The van der Waals surface area contributed by atoms with Gasteiger partial charge in [0.05, 0.1) is 12.7 Å². The summed E-state index contributed by atoms with van der Waals surface area (Å²) in [6.07, 6.45) is 4.00. The monoisotopic (exact) mass is 300 g/mol. The maximum Gasteiger partial charge on any atom is 0.258 e. The van der Waals surface area contributed by atoms with Gasteiger partial charge in [-0.25, -0.2) is 9.97 Å². The Bertz CT molecular complexity index is 611. The van der Waals surface area contributed by atoms with Crippen molar-refractivity contribution in [3.63, 3.8) is 0 Å². The van der Waals surface area contributed by atoms with Crippen LogP contribution in [0.3, 0.4) is 0 Å². The molecule has 6 nitrogen and oxygen atoms in total. The molecule has 1 atom stereocenters. The van der Waals surface area contributed by atoms with Crippen LogP contribution in [0.15, 0.2) is 36.7 Å². The van der Waals surface area contributed by atoms with Crippen molar-refractivity contribution in [3.05, 3.63) is 42.2 Å². The van der Waals surface area contributed by atoms with Crippen LogP contribution in [0.4, 0.5) is 11.6 Å². The van der Waals surface area contributed by atoms with Gasteiger partial charge in [-0.3, -0.25) is 4.79 Å². The number of aromatic nitrogens is 2. The predicted octanol–water partition coefficient (Wildman–Crippen LogP) is 2.95. The van der Waals surface area contributed by atoms with E-state index in [4.69, 9.17) is 4.74 Å². The van der Waals surface area contributed by atoms with Crippen LogP contribution in [0, 0.1) is 0 Å². The number of ether oxygens (including phenoxy) is 1. The van der Waals surface area contributed by atoms with Crippen molar-refractivity contribution in [1.29, 1.82) is 0 Å². The minimum Gasteiger partial charge on any atom is -0.497 e. The molecule has 0 spiro atoms. The summed E-state index contributed by atoms with van der Waals surface area (Å²) in [5.74, 6) is 1.01. The summed E-state index contributed by atoms with van der Waals surface area (Å²) in [5, 5.41) is 5.94. The third-order valence-corrected chi connectivity index (χ3v) is 3.25. The first-order chi connectivity index (χ1) is 10.6. The SMILES string of the molecule is CCC(C)Nc1ncc(C(=O)Nc2ccc(OC)cc2)cn1. The minimum absolute atomic E-state index is 0.250. The normalized spacial score (nSPS) is 11.6. The number of amides is 1. The Kier molecular flexibility index (Phi) is 5.30. The van der Waals surface area contributed by atoms with E-state index in [9.17, 15) is 4.79 Å². The zero-order valence-corrected chi connectivity index (χ0v) is 13.0. The standard InChI is InChI=1S/C16H20N4O2/c1-4-11(2)19-16-17-9-12(10-18-16)15(21)20-13-5-7-14(22-3)8-6-13/h5-11H,4H2,1-3H3,(H,20,21)(H,17,18,19). The first-order valence-corrected chi connectivity index (χ1v) is 7.16. The van der Waals surface area contributed by atoms with Gasteiger partial charge in [0.2, 0.25) is 5.95 Å². The first-order valence-electron chi connectivity index (χ1n) is 7.16. The van der Waals surface area contributed by atoms with Gasteiger partial charge in [0.25, 0.3) is 5.91 Å². The number of anilines is 2. The van der Waals surface area contributed by atoms with Crippen molar-refractivity contribution in [3.8, 4) is 5.75 Å². The van der Waals surface area contributed by atoms with Crippen molar-refractivity contribution >= 4 is 17.5 Å². The van der Waals surface area contributed by atoms with Crippen molar-refractivity contribution < 1.29 is 9.53 Å². The van der Waals surface area contributed by atoms with Crippen LogP contribution in [-0.2, 0) is 0 Å². The number of rotatable bonds is 6. The van der Waals surface area contributed by atoms with Gasteiger partial charge in [0.15, 0.2) is 0 Å². The van der Waals surface area contributed by atoms with E-state index in [1.165, 1.54) is 12.4 Å². The van der Waals surface area contributed by atoms with Crippen LogP contribution in [0.1, 0.15) is 30.6 Å². The third-order valence-electron chi connectivity index (χ3n) is 3.25. The number of carbonyl (C=O) groups is 1. The number of benzene rings is 1. The molecule has 0 saturated heterocycles. The van der Waals surface area contributed by atoms with Gasteiger partial charge in [-0.05, 0) is 37.6 Å². The van der Waals surface area contributed by atoms with Gasteiger partial charge in [0, 0.05) is 24.1 Å². The van der Waals surface area contributed by atoms with Gasteiger partial charge in [-0.1, -0.05) is 6.92 Å². The molecular weight excluding hydrogens is 280 g/mol. The van der Waals surface area contributed by atoms with E-state index >= 15 is 0 Å². The van der Waals surface area contributed by atoms with Crippen LogP contribution < -0.4 is 15.4 Å². The zero-order valence-electron chi connectivity index (χ0n) is 13.0. The molecule has 0 aliphatic rings. The summed E-state index contributed by atoms with van der Waals surface area (Å²) < 4.78 is 5.07. The molecule has 2 aromatic rings. The maximum atomic E-state index is 12.1. The van der Waals surface area contributed by atoms with E-state index in [1.807, 2.05) is 6.92 Å². The zero-order chi connectivity index (χ0) is 15.9. The second-order valence-electron chi connectivity index (χ2n) is 4.93. The summed E-state index contributed by atoms with van der Waals surface area (Å²) >= 11 is 0. The molecule has 1 amide bonds. The quantitative estimate of drug-likeness (QED) is 0.857. The van der Waals surface area contributed by atoms with Crippen LogP contribution in [0.5, 0.6) is 5.75 Å². The van der Waals surface area contributed by atoms with Crippen LogP contribution >= 0.6 is 0 Å². The molecule has 1 aromatic heterocycles. The van der Waals surface area contributed by atoms with E-state index in [1.54, 1.807) is 31.4 Å². The molecule has 0 radical (unpaired) electrons. The van der Waals surface area contributed by atoms with E-state index in [-0.39, 0.29) is 5.91 Å². The second-order valence-corrected chi connectivity index (χ2v) is 4.93. The molecule has 2 rings (SSSR count). The van der Waals surface area contributed by atoms with Gasteiger partial charge in [-0.2, -0.15) is 0 Å². The maximum absolute atomic E-state index is 12.1. The lowest BCUT2D eigenvalue weighted by Gasteiger charge is -2.11. The lowest BCUT2D eigenvalue weighted by Crippen LogP contribution is -2.17. The molecule has 0 aliphatic heterocycles. The lowest BCUT2D eigenvalue weighted by atomic mass is 10.2. The van der Waals surface area contributed by atoms with Gasteiger partial charge < -0.3 is 15.4 Å². The number of carbonyl (C=O) groups excluding carboxylic acids is 1. The molecule has 0 bridgehead atoms. The third kappa shape index (κ3) is 4.18. The highest BCUT2D eigenvalue weighted by molar-refractivity contribution is 6.03. The fourth-order valence-corrected chi connectivity index (χ4v) is 1.72. The van der Waals surface area contributed by atoms with Crippen molar-refractivity contribution in [2.75, 3.05) is 17.7 Å². The molecular formula is C16H20N4O2. The Morgan fingerprint density at radius 3 is 2.41 bits per heavy atom. The van der Waals surface area contributed by atoms with Gasteiger partial charge >= 0.3 is 0 Å². The molecule has 22 heavy (non-hydrogen) atoms. The average Bonchev–Trinajstić information content (AvgIpc) is 2.56. The van der Waals surface area contributed by atoms with E-state index in [2.05, 4.69) is 27.5 Å². The highest BCUT2D eigenvalue weighted by Gasteiger charge is 2.08. The largest absolute Gasteiger partial charge is 0.497 e. The Hall–Kier alpha value is -2.63. The van der Waals surface area contributed by atoms with Crippen molar-refractivity contribution in [2.24, 2.45) is 0 Å². The molecule has 1 heterocycles. The Morgan fingerprint density at radius 1 is 1.23 bits per heavy atom. The topological polar surface area (TPSA) is 76.1 Å². The van der Waals surface area contributed by atoms with Crippen molar-refractivity contribution in [1.82, 2.24) is 9.97 Å². The Labute approximate surface area is 129 Å². The number of methoxy groups -OCH3 is 1. The van der Waals surface area contributed by atoms with E-state index < -0.39 is 0 Å². The summed E-state index contributed by atoms with van der Waals surface area (Å²) in [6, 6.07) is 7.41. The number of nitrogens with zero attached hydrogens (tertiary/aromatic N) is 2. The molecule has 0 aliphatic carbocycles. The summed E-state index contributed by atoms with van der Waals surface area (Å²) in [4.78, 5) is 20.4. The molecule has 6 heteroatoms. The highest BCUT2D eigenvalue weighted by atomic mass is 16.5. The Balaban J connectivity index is 1.99. The predicted molar refractivity (Wildman–Crippen MR) is 86.4 cm³/mol. The molecule has 2 N–H and O–H groups in total. The summed E-state index contributed by atoms with van der Waals surface area (Å²) in [7, 11) is 1.60. The van der Waals surface area contributed by atoms with E-state index in [0.29, 0.717) is 23.2 Å². The van der Waals surface area contributed by atoms with E-state index in [0.717, 1.165) is 12.2 Å². The molecule has 0 saturated carbocycles. The molecule has 1 aromatic carbocycles. The van der Waals surface area contributed by atoms with Gasteiger partial charge in [-0.15, -0.1) is 0 Å². The number of hydrogen-bond donors (Lipinski definition) is 2. The average molecular weight is 300 g/mol. The lowest BCUT2D eigenvalue weighted by molar-refractivity contribution is 0.102. The fraction of sp³-hybridized carbons (Fsp3) is 0.312. The number of nitrogens with one attached hydrogen (secondary N) is 2. The van der Waals surface area contributed by atoms with Crippen molar-refractivity contribution in [2.45, 2.75) is 26.3 Å². The minimum atomic E-state index is -0.250.